The molecule has 0 spiro atoms. The molecule has 0 radical (unpaired) electrons. The molecule has 1 aromatic heterocycles. The molecule has 1 heterocycles. The van der Waals surface area contributed by atoms with Gasteiger partial charge in [-0.1, -0.05) is 32.0 Å². The highest BCUT2D eigenvalue weighted by Crippen LogP contribution is 2.32. The molecule has 0 amide bonds. The lowest BCUT2D eigenvalue weighted by Gasteiger charge is -2.19. The van der Waals surface area contributed by atoms with Crippen molar-refractivity contribution in [2.75, 3.05) is 6.54 Å². The van der Waals surface area contributed by atoms with Crippen molar-refractivity contribution in [3.8, 4) is 0 Å². The van der Waals surface area contributed by atoms with Crippen molar-refractivity contribution in [1.82, 2.24) is 5.32 Å². The van der Waals surface area contributed by atoms with E-state index in [2.05, 4.69) is 79.0 Å². The van der Waals surface area contributed by atoms with Crippen molar-refractivity contribution in [3.63, 3.8) is 0 Å². The topological polar surface area (TPSA) is 12.0 Å². The van der Waals surface area contributed by atoms with Gasteiger partial charge in [-0.3, -0.25) is 0 Å². The highest BCUT2D eigenvalue weighted by Gasteiger charge is 2.18. The van der Waals surface area contributed by atoms with Crippen LogP contribution in [0, 0.1) is 10.5 Å². The van der Waals surface area contributed by atoms with Gasteiger partial charge in [0.25, 0.3) is 0 Å². The molecule has 1 nitrogen and oxygen atoms in total. The molecule has 1 aromatic carbocycles. The van der Waals surface area contributed by atoms with E-state index in [0.29, 0.717) is 6.04 Å². The second-order valence-corrected chi connectivity index (χ2v) is 6.91. The summed E-state index contributed by atoms with van der Waals surface area (Å²) < 4.78 is 1.37. The first kappa shape index (κ1) is 15.0. The minimum absolute atomic E-state index is 0.321. The van der Waals surface area contributed by atoms with Gasteiger partial charge in [0.1, 0.15) is 0 Å². The smallest absolute Gasteiger partial charge is 0.0681 e. The summed E-state index contributed by atoms with van der Waals surface area (Å²) in [6, 6.07) is 11.4. The molecule has 1 N–H and O–H groups in total. The molecular formula is C16H20INS. The number of nitrogens with one attached hydrogen (secondary N) is 1. The Morgan fingerprint density at radius 2 is 2.00 bits per heavy atom. The van der Waals surface area contributed by atoms with Crippen molar-refractivity contribution < 1.29 is 0 Å². The molecule has 0 aliphatic rings. The van der Waals surface area contributed by atoms with E-state index < -0.39 is 0 Å². The lowest BCUT2D eigenvalue weighted by atomic mass is 10.0. The molecule has 2 aromatic rings. The Morgan fingerprint density at radius 1 is 1.21 bits per heavy atom. The largest absolute Gasteiger partial charge is 0.306 e. The zero-order valence-corrected chi connectivity index (χ0v) is 14.6. The van der Waals surface area contributed by atoms with Crippen LogP contribution in [-0.2, 0) is 6.42 Å². The van der Waals surface area contributed by atoms with E-state index in [9.17, 15) is 0 Å². The molecule has 102 valence electrons. The first-order valence-corrected chi connectivity index (χ1v) is 8.63. The summed E-state index contributed by atoms with van der Waals surface area (Å²) in [5, 5.41) is 3.63. The fourth-order valence-corrected chi connectivity index (χ4v) is 3.92. The fourth-order valence-electron chi connectivity index (χ4n) is 2.20. The SMILES string of the molecule is CCNC(c1ccc(CC)s1)c1cccc(C)c1I. The van der Waals surface area contributed by atoms with Crippen molar-refractivity contribution in [3.05, 3.63) is 54.8 Å². The number of rotatable bonds is 5. The highest BCUT2D eigenvalue weighted by atomic mass is 127. The number of thiophene rings is 1. The summed E-state index contributed by atoms with van der Waals surface area (Å²) in [5.74, 6) is 0. The number of hydrogen-bond donors (Lipinski definition) is 1. The van der Waals surface area contributed by atoms with Gasteiger partial charge >= 0.3 is 0 Å². The first-order valence-electron chi connectivity index (χ1n) is 6.74. The Hall–Kier alpha value is -0.390. The van der Waals surface area contributed by atoms with Gasteiger partial charge in [0.2, 0.25) is 0 Å². The van der Waals surface area contributed by atoms with E-state index >= 15 is 0 Å². The number of hydrogen-bond acceptors (Lipinski definition) is 2. The van der Waals surface area contributed by atoms with Crippen LogP contribution in [0.25, 0.3) is 0 Å². The van der Waals surface area contributed by atoms with Crippen LogP contribution in [0.3, 0.4) is 0 Å². The van der Waals surface area contributed by atoms with Crippen LogP contribution >= 0.6 is 33.9 Å². The van der Waals surface area contributed by atoms with Crippen molar-refractivity contribution in [2.24, 2.45) is 0 Å². The predicted molar refractivity (Wildman–Crippen MR) is 93.1 cm³/mol. The summed E-state index contributed by atoms with van der Waals surface area (Å²) in [7, 11) is 0. The molecule has 2 rings (SSSR count). The van der Waals surface area contributed by atoms with Crippen molar-refractivity contribution >= 4 is 33.9 Å². The lowest BCUT2D eigenvalue weighted by Crippen LogP contribution is -2.22. The van der Waals surface area contributed by atoms with Crippen LogP contribution in [0.1, 0.15) is 40.8 Å². The maximum absolute atomic E-state index is 3.63. The minimum atomic E-state index is 0.321. The maximum Gasteiger partial charge on any atom is 0.0681 e. The summed E-state index contributed by atoms with van der Waals surface area (Å²) in [5.41, 5.74) is 2.75. The van der Waals surface area contributed by atoms with E-state index in [-0.39, 0.29) is 0 Å². The third-order valence-corrected chi connectivity index (χ3v) is 6.02. The van der Waals surface area contributed by atoms with Crippen LogP contribution < -0.4 is 5.32 Å². The van der Waals surface area contributed by atoms with E-state index in [0.717, 1.165) is 13.0 Å². The van der Waals surface area contributed by atoms with Crippen LogP contribution in [0.15, 0.2) is 30.3 Å². The molecule has 0 saturated carbocycles. The summed E-state index contributed by atoms with van der Waals surface area (Å²) in [4.78, 5) is 2.88. The van der Waals surface area contributed by atoms with E-state index in [1.807, 2.05) is 11.3 Å². The second kappa shape index (κ2) is 6.86. The Morgan fingerprint density at radius 3 is 2.63 bits per heavy atom. The van der Waals surface area contributed by atoms with Gasteiger partial charge in [-0.2, -0.15) is 0 Å². The van der Waals surface area contributed by atoms with Crippen LogP contribution in [0.2, 0.25) is 0 Å². The first-order chi connectivity index (χ1) is 9.17. The average Bonchev–Trinajstić information content (AvgIpc) is 2.88. The summed E-state index contributed by atoms with van der Waals surface area (Å²) in [6.07, 6.45) is 1.12. The standard InChI is InChI=1S/C16H20INS/c1-4-12-9-10-14(19-12)16(18-5-2)13-8-6-7-11(3)15(13)17/h6-10,16,18H,4-5H2,1-3H3. The number of benzene rings is 1. The Bertz CT molecular complexity index is 547. The maximum atomic E-state index is 3.63. The van der Waals surface area contributed by atoms with Gasteiger partial charge in [-0.25, -0.2) is 0 Å². The number of halogens is 1. The van der Waals surface area contributed by atoms with Crippen molar-refractivity contribution in [1.29, 1.82) is 0 Å². The third kappa shape index (κ3) is 3.38. The molecule has 0 fully saturated rings. The van der Waals surface area contributed by atoms with Crippen LogP contribution in [0.4, 0.5) is 0 Å². The molecule has 0 bridgehead atoms. The quantitative estimate of drug-likeness (QED) is 0.721. The molecule has 3 heteroatoms. The highest BCUT2D eigenvalue weighted by molar-refractivity contribution is 14.1. The minimum Gasteiger partial charge on any atom is -0.306 e. The van der Waals surface area contributed by atoms with Crippen LogP contribution in [0.5, 0.6) is 0 Å². The molecule has 1 unspecified atom stereocenters. The van der Waals surface area contributed by atoms with Gasteiger partial charge in [-0.05, 0) is 65.7 Å². The Balaban J connectivity index is 2.42. The Kier molecular flexibility index (Phi) is 5.42. The van der Waals surface area contributed by atoms with E-state index in [4.69, 9.17) is 0 Å². The lowest BCUT2D eigenvalue weighted by molar-refractivity contribution is 0.637. The molecule has 0 aliphatic carbocycles. The zero-order chi connectivity index (χ0) is 13.8. The van der Waals surface area contributed by atoms with Gasteiger partial charge < -0.3 is 5.32 Å². The normalized spacial score (nSPS) is 12.6. The second-order valence-electron chi connectivity index (χ2n) is 4.63. The monoisotopic (exact) mass is 385 g/mol. The Labute approximate surface area is 133 Å². The average molecular weight is 385 g/mol. The predicted octanol–water partition coefficient (Wildman–Crippen LogP) is 4.92. The molecule has 0 aliphatic heterocycles. The van der Waals surface area contributed by atoms with Crippen molar-refractivity contribution in [2.45, 2.75) is 33.2 Å². The summed E-state index contributed by atoms with van der Waals surface area (Å²) >= 11 is 4.39. The van der Waals surface area contributed by atoms with Gasteiger partial charge in [-0.15, -0.1) is 11.3 Å². The zero-order valence-electron chi connectivity index (χ0n) is 11.7. The fraction of sp³-hybridized carbons (Fsp3) is 0.375. The van der Waals surface area contributed by atoms with Gasteiger partial charge in [0.05, 0.1) is 6.04 Å². The molecular weight excluding hydrogens is 365 g/mol. The van der Waals surface area contributed by atoms with Gasteiger partial charge in [0, 0.05) is 13.3 Å². The van der Waals surface area contributed by atoms with E-state index in [1.54, 1.807) is 0 Å². The van der Waals surface area contributed by atoms with E-state index in [1.165, 1.54) is 24.5 Å². The summed E-state index contributed by atoms with van der Waals surface area (Å²) in [6.45, 7) is 7.55. The number of aryl methyl sites for hydroxylation is 2. The third-order valence-electron chi connectivity index (χ3n) is 3.26. The molecule has 1 atom stereocenters. The molecule has 19 heavy (non-hydrogen) atoms. The van der Waals surface area contributed by atoms with Gasteiger partial charge in [0.15, 0.2) is 0 Å². The molecule has 0 saturated heterocycles. The van der Waals surface area contributed by atoms with Crippen LogP contribution in [-0.4, -0.2) is 6.54 Å².